The number of aromatic nitrogens is 3. The van der Waals surface area contributed by atoms with Gasteiger partial charge < -0.3 is 4.74 Å². The second kappa shape index (κ2) is 9.22. The summed E-state index contributed by atoms with van der Waals surface area (Å²) in [6.45, 7) is 0.0386. The highest BCUT2D eigenvalue weighted by atomic mass is 79.9. The normalized spacial score (nSPS) is 11.5. The van der Waals surface area contributed by atoms with Gasteiger partial charge in [-0.3, -0.25) is 4.68 Å². The van der Waals surface area contributed by atoms with E-state index in [4.69, 9.17) is 10.00 Å². The van der Waals surface area contributed by atoms with E-state index in [2.05, 4.69) is 21.0 Å². The summed E-state index contributed by atoms with van der Waals surface area (Å²) in [5.74, 6) is -1.72. The highest BCUT2D eigenvalue weighted by molar-refractivity contribution is 9.10. The second-order valence-corrected chi connectivity index (χ2v) is 10.5. The van der Waals surface area contributed by atoms with Crippen LogP contribution in [0.1, 0.15) is 11.1 Å². The Labute approximate surface area is 213 Å². The van der Waals surface area contributed by atoms with Crippen molar-refractivity contribution < 1.29 is 21.9 Å². The molecule has 0 saturated carbocycles. The average molecular weight is 569 g/mol. The molecule has 5 aromatic rings. The van der Waals surface area contributed by atoms with Gasteiger partial charge in [0.05, 0.1) is 33.2 Å². The first kappa shape index (κ1) is 23.7. The third kappa shape index (κ3) is 4.25. The maximum atomic E-state index is 15.6. The van der Waals surface area contributed by atoms with E-state index in [9.17, 15) is 12.8 Å². The molecule has 11 heteroatoms. The van der Waals surface area contributed by atoms with Crippen LogP contribution in [0.2, 0.25) is 0 Å². The van der Waals surface area contributed by atoms with Crippen molar-refractivity contribution in [1.82, 2.24) is 13.8 Å². The molecule has 0 fully saturated rings. The fourth-order valence-electron chi connectivity index (χ4n) is 3.82. The summed E-state index contributed by atoms with van der Waals surface area (Å²) in [4.78, 5) is 0.0520. The van der Waals surface area contributed by atoms with Crippen molar-refractivity contribution in [2.24, 2.45) is 0 Å². The van der Waals surface area contributed by atoms with Crippen LogP contribution in [0.15, 0.2) is 88.6 Å². The van der Waals surface area contributed by atoms with Crippen LogP contribution < -0.4 is 4.74 Å². The zero-order valence-corrected chi connectivity index (χ0v) is 20.7. The molecule has 7 nitrogen and oxygen atoms in total. The molecule has 0 spiro atoms. The molecular weight excluding hydrogens is 554 g/mol. The number of nitriles is 1. The first-order chi connectivity index (χ1) is 17.3. The van der Waals surface area contributed by atoms with Gasteiger partial charge in [0, 0.05) is 35.5 Å². The number of rotatable bonds is 6. The number of nitrogens with zero attached hydrogens (tertiary/aromatic N) is 4. The molecule has 2 aromatic heterocycles. The molecule has 3 aromatic carbocycles. The van der Waals surface area contributed by atoms with E-state index < -0.39 is 21.7 Å². The topological polar surface area (TPSA) is 89.9 Å². The van der Waals surface area contributed by atoms with Crippen molar-refractivity contribution in [1.29, 1.82) is 5.26 Å². The predicted octanol–water partition coefficient (Wildman–Crippen LogP) is 5.83. The molecule has 0 amide bonds. The van der Waals surface area contributed by atoms with Gasteiger partial charge in [-0.2, -0.15) is 10.4 Å². The Morgan fingerprint density at radius 1 is 1.06 bits per heavy atom. The van der Waals surface area contributed by atoms with Crippen LogP contribution in [0.25, 0.3) is 10.9 Å². The molecule has 36 heavy (non-hydrogen) atoms. The Morgan fingerprint density at radius 3 is 2.53 bits per heavy atom. The Kier molecular flexibility index (Phi) is 6.07. The fraction of sp³-hybridized carbons (Fsp3) is 0.0400. The summed E-state index contributed by atoms with van der Waals surface area (Å²) in [6.07, 6.45) is 4.58. The van der Waals surface area contributed by atoms with Gasteiger partial charge in [0.1, 0.15) is 17.6 Å². The lowest BCUT2D eigenvalue weighted by atomic mass is 10.1. The SMILES string of the molecule is N#Cc1cc(Oc2c(F)cc3c(ccn3S(=O)(=O)c3ccccc3)c2Cn2cc(Br)cn2)ccc1F. The van der Waals surface area contributed by atoms with Crippen LogP contribution in [0.4, 0.5) is 8.78 Å². The number of hydrogen-bond donors (Lipinski definition) is 0. The van der Waals surface area contributed by atoms with Gasteiger partial charge in [0.2, 0.25) is 0 Å². The van der Waals surface area contributed by atoms with Crippen molar-refractivity contribution in [3.05, 3.63) is 106 Å². The summed E-state index contributed by atoms with van der Waals surface area (Å²) in [5.41, 5.74) is 0.166. The Bertz CT molecular complexity index is 1760. The molecule has 0 aliphatic heterocycles. The fourth-order valence-corrected chi connectivity index (χ4v) is 5.50. The molecule has 0 aliphatic carbocycles. The van der Waals surface area contributed by atoms with E-state index in [1.807, 2.05) is 0 Å². The van der Waals surface area contributed by atoms with Gasteiger partial charge in [-0.1, -0.05) is 18.2 Å². The van der Waals surface area contributed by atoms with E-state index in [1.165, 1.54) is 29.1 Å². The van der Waals surface area contributed by atoms with Crippen LogP contribution in [0, 0.1) is 23.0 Å². The maximum absolute atomic E-state index is 15.6. The lowest BCUT2D eigenvalue weighted by Gasteiger charge is -2.15. The van der Waals surface area contributed by atoms with Gasteiger partial charge in [-0.15, -0.1) is 0 Å². The standard InChI is InChI=1S/C25H15BrF2N4O3S/c26-17-13-30-31(14-17)15-21-20-8-9-32(36(33,34)19-4-2-1-3-5-19)24(20)11-23(28)25(21)35-18-6-7-22(27)16(10-18)12-29/h1-11,13-14H,15H2. The van der Waals surface area contributed by atoms with Crippen LogP contribution >= 0.6 is 15.9 Å². The van der Waals surface area contributed by atoms with E-state index in [0.717, 1.165) is 22.2 Å². The summed E-state index contributed by atoms with van der Waals surface area (Å²) >= 11 is 3.32. The lowest BCUT2D eigenvalue weighted by molar-refractivity contribution is 0.433. The van der Waals surface area contributed by atoms with E-state index in [0.29, 0.717) is 15.4 Å². The van der Waals surface area contributed by atoms with Crippen molar-refractivity contribution in [2.45, 2.75) is 11.4 Å². The largest absolute Gasteiger partial charge is 0.454 e. The minimum absolute atomic E-state index is 0.0386. The number of hydrogen-bond acceptors (Lipinski definition) is 5. The monoisotopic (exact) mass is 568 g/mol. The van der Waals surface area contributed by atoms with Crippen molar-refractivity contribution in [3.63, 3.8) is 0 Å². The number of ether oxygens (including phenoxy) is 1. The van der Waals surface area contributed by atoms with Crippen LogP contribution in [0.3, 0.4) is 0 Å². The number of fused-ring (bicyclic) bond motifs is 1. The highest BCUT2D eigenvalue weighted by Crippen LogP contribution is 2.37. The van der Waals surface area contributed by atoms with E-state index >= 15 is 4.39 Å². The molecule has 0 aliphatic rings. The van der Waals surface area contributed by atoms with Crippen LogP contribution in [-0.2, 0) is 16.6 Å². The van der Waals surface area contributed by atoms with E-state index in [-0.39, 0.29) is 34.0 Å². The predicted molar refractivity (Wildman–Crippen MR) is 131 cm³/mol. The molecule has 0 saturated heterocycles. The molecule has 0 bridgehead atoms. The molecule has 0 radical (unpaired) electrons. The number of halogens is 3. The molecule has 5 rings (SSSR count). The second-order valence-electron chi connectivity index (χ2n) is 7.74. The summed E-state index contributed by atoms with van der Waals surface area (Å²) in [5, 5.41) is 13.8. The lowest BCUT2D eigenvalue weighted by Crippen LogP contribution is -2.12. The van der Waals surface area contributed by atoms with Gasteiger partial charge in [0.15, 0.2) is 11.6 Å². The third-order valence-corrected chi connectivity index (χ3v) is 7.58. The van der Waals surface area contributed by atoms with Crippen LogP contribution in [0.5, 0.6) is 11.5 Å². The van der Waals surface area contributed by atoms with Gasteiger partial charge >= 0.3 is 0 Å². The zero-order valence-electron chi connectivity index (χ0n) is 18.3. The smallest absolute Gasteiger partial charge is 0.268 e. The Hall–Kier alpha value is -4.01. The zero-order chi connectivity index (χ0) is 25.4. The van der Waals surface area contributed by atoms with Gasteiger partial charge in [-0.25, -0.2) is 21.2 Å². The Balaban J connectivity index is 1.70. The Morgan fingerprint density at radius 2 is 1.83 bits per heavy atom. The highest BCUT2D eigenvalue weighted by Gasteiger charge is 2.24. The molecular formula is C25H15BrF2N4O3S. The quantitative estimate of drug-likeness (QED) is 0.257. The summed E-state index contributed by atoms with van der Waals surface area (Å²) in [7, 11) is -4.01. The van der Waals surface area contributed by atoms with Crippen molar-refractivity contribution >= 4 is 36.9 Å². The molecule has 0 atom stereocenters. The molecule has 0 N–H and O–H groups in total. The van der Waals surface area contributed by atoms with Crippen molar-refractivity contribution in [3.8, 4) is 17.6 Å². The van der Waals surface area contributed by atoms with Crippen molar-refractivity contribution in [2.75, 3.05) is 0 Å². The molecule has 0 unspecified atom stereocenters. The van der Waals surface area contributed by atoms with E-state index in [1.54, 1.807) is 42.7 Å². The minimum Gasteiger partial charge on any atom is -0.454 e. The minimum atomic E-state index is -4.01. The first-order valence-electron chi connectivity index (χ1n) is 10.5. The van der Waals surface area contributed by atoms with Gasteiger partial charge in [-0.05, 0) is 46.3 Å². The third-order valence-electron chi connectivity index (χ3n) is 5.47. The number of benzene rings is 3. The first-order valence-corrected chi connectivity index (χ1v) is 12.7. The summed E-state index contributed by atoms with van der Waals surface area (Å²) < 4.78 is 65.0. The maximum Gasteiger partial charge on any atom is 0.268 e. The van der Waals surface area contributed by atoms with Crippen LogP contribution in [-0.4, -0.2) is 22.2 Å². The average Bonchev–Trinajstić information content (AvgIpc) is 3.48. The van der Waals surface area contributed by atoms with Gasteiger partial charge in [0.25, 0.3) is 10.0 Å². The molecule has 2 heterocycles. The molecule has 180 valence electrons. The summed E-state index contributed by atoms with van der Waals surface area (Å²) in [6, 6.07) is 15.7.